The predicted molar refractivity (Wildman–Crippen MR) is 114 cm³/mol. The number of hydrogen-bond acceptors (Lipinski definition) is 6. The highest BCUT2D eigenvalue weighted by molar-refractivity contribution is 8.00. The first-order valence-corrected chi connectivity index (χ1v) is 10.3. The van der Waals surface area contributed by atoms with Gasteiger partial charge in [-0.3, -0.25) is 4.79 Å². The number of benzene rings is 2. The lowest BCUT2D eigenvalue weighted by molar-refractivity contribution is -0.116. The maximum absolute atomic E-state index is 13.2. The molecule has 7 nitrogen and oxygen atoms in total. The van der Waals surface area contributed by atoms with Crippen molar-refractivity contribution in [2.75, 3.05) is 17.9 Å². The molecule has 1 aliphatic rings. The van der Waals surface area contributed by atoms with E-state index in [9.17, 15) is 4.79 Å². The van der Waals surface area contributed by atoms with Crippen LogP contribution in [-0.4, -0.2) is 33.1 Å². The van der Waals surface area contributed by atoms with Crippen molar-refractivity contribution in [3.63, 3.8) is 0 Å². The van der Waals surface area contributed by atoms with Crippen LogP contribution in [0.4, 0.5) is 5.69 Å². The van der Waals surface area contributed by atoms with Gasteiger partial charge in [0, 0.05) is 10.7 Å². The second kappa shape index (κ2) is 7.96. The molecular weight excluding hydrogens is 410 g/mol. The summed E-state index contributed by atoms with van der Waals surface area (Å²) in [5.41, 5.74) is 5.95. The van der Waals surface area contributed by atoms with Crippen LogP contribution in [0.5, 0.6) is 5.75 Å². The summed E-state index contributed by atoms with van der Waals surface area (Å²) in [7, 11) is 1.62. The van der Waals surface area contributed by atoms with Crippen LogP contribution in [0.3, 0.4) is 0 Å². The zero-order valence-electron chi connectivity index (χ0n) is 16.1. The Bertz CT molecular complexity index is 1050. The Morgan fingerprint density at radius 1 is 1.21 bits per heavy atom. The van der Waals surface area contributed by atoms with Gasteiger partial charge in [-0.2, -0.15) is 0 Å². The van der Waals surface area contributed by atoms with Gasteiger partial charge < -0.3 is 15.5 Å². The Morgan fingerprint density at radius 3 is 2.66 bits per heavy atom. The minimum atomic E-state index is -0.459. The number of halogens is 1. The van der Waals surface area contributed by atoms with Crippen LogP contribution in [-0.2, 0) is 4.79 Å². The number of anilines is 1. The number of aryl methyl sites for hydroxylation is 2. The molecule has 9 heteroatoms. The molecule has 1 amide bonds. The summed E-state index contributed by atoms with van der Waals surface area (Å²) in [6.07, 6.45) is 0. The van der Waals surface area contributed by atoms with Gasteiger partial charge in [-0.15, -0.1) is 10.2 Å². The minimum Gasteiger partial charge on any atom is -0.497 e. The van der Waals surface area contributed by atoms with Gasteiger partial charge in [-0.1, -0.05) is 41.6 Å². The largest absolute Gasteiger partial charge is 0.497 e. The van der Waals surface area contributed by atoms with Crippen molar-refractivity contribution in [1.29, 1.82) is 0 Å². The number of nitrogens with one attached hydrogen (secondary N) is 2. The summed E-state index contributed by atoms with van der Waals surface area (Å²) in [6.45, 7) is 3.79. The topological polar surface area (TPSA) is 81.1 Å². The smallest absolute Gasteiger partial charge is 0.240 e. The first-order chi connectivity index (χ1) is 14.0. The fourth-order valence-electron chi connectivity index (χ4n) is 3.11. The Morgan fingerprint density at radius 2 is 1.97 bits per heavy atom. The van der Waals surface area contributed by atoms with E-state index in [0.29, 0.717) is 15.9 Å². The molecule has 1 aromatic heterocycles. The number of aromatic nitrogens is 3. The van der Waals surface area contributed by atoms with Crippen molar-refractivity contribution < 1.29 is 9.53 Å². The molecule has 2 heterocycles. The van der Waals surface area contributed by atoms with Crippen molar-refractivity contribution in [3.8, 4) is 5.75 Å². The van der Waals surface area contributed by atoms with Crippen LogP contribution >= 0.6 is 23.4 Å². The Labute approximate surface area is 177 Å². The number of nitrogens with zero attached hydrogens (tertiary/aromatic N) is 3. The fourth-order valence-corrected chi connectivity index (χ4v) is 4.41. The van der Waals surface area contributed by atoms with E-state index >= 15 is 0 Å². The highest BCUT2D eigenvalue weighted by Crippen LogP contribution is 2.38. The van der Waals surface area contributed by atoms with Crippen LogP contribution in [0, 0.1) is 13.8 Å². The molecule has 2 unspecified atom stereocenters. The van der Waals surface area contributed by atoms with Crippen LogP contribution in [0.2, 0.25) is 5.02 Å². The first kappa shape index (κ1) is 19.6. The average molecular weight is 430 g/mol. The highest BCUT2D eigenvalue weighted by atomic mass is 35.5. The molecule has 3 aromatic rings. The number of carbonyl (C=O) groups excluding carboxylic acids is 1. The standard InChI is InChI=1S/C20H20ClN5O2S/c1-11-4-7-14(10-16(11)21)22-19(27)18-17(13-5-8-15(28-3)9-6-13)25-26-12(2)23-24-20(26)29-18/h4-10,17-18,25H,1-3H3,(H,22,27). The molecular formula is C20H20ClN5O2S. The Hall–Kier alpha value is -2.71. The van der Waals surface area contributed by atoms with Gasteiger partial charge in [0.05, 0.1) is 13.2 Å². The van der Waals surface area contributed by atoms with Crippen LogP contribution in [0.15, 0.2) is 47.6 Å². The van der Waals surface area contributed by atoms with E-state index in [1.54, 1.807) is 13.2 Å². The maximum atomic E-state index is 13.2. The summed E-state index contributed by atoms with van der Waals surface area (Å²) in [4.78, 5) is 13.2. The van der Waals surface area contributed by atoms with Crippen molar-refractivity contribution >= 4 is 35.0 Å². The molecule has 4 rings (SSSR count). The quantitative estimate of drug-likeness (QED) is 0.653. The van der Waals surface area contributed by atoms with Crippen LogP contribution < -0.4 is 15.5 Å². The molecule has 2 atom stereocenters. The number of methoxy groups -OCH3 is 1. The van der Waals surface area contributed by atoms with Gasteiger partial charge in [-0.25, -0.2) is 4.68 Å². The van der Waals surface area contributed by atoms with E-state index in [-0.39, 0.29) is 11.9 Å². The zero-order valence-corrected chi connectivity index (χ0v) is 17.7. The lowest BCUT2D eigenvalue weighted by Crippen LogP contribution is -2.41. The van der Waals surface area contributed by atoms with Crippen LogP contribution in [0.25, 0.3) is 0 Å². The SMILES string of the molecule is COc1ccc(C2Nn3c(C)nnc3SC2C(=O)Nc2ccc(C)c(Cl)c2)cc1. The highest BCUT2D eigenvalue weighted by Gasteiger charge is 2.37. The molecule has 0 bridgehead atoms. The molecule has 0 saturated heterocycles. The molecule has 0 fully saturated rings. The first-order valence-electron chi connectivity index (χ1n) is 9.02. The van der Waals surface area contributed by atoms with Gasteiger partial charge in [0.2, 0.25) is 11.1 Å². The van der Waals surface area contributed by atoms with Crippen molar-refractivity contribution in [2.24, 2.45) is 0 Å². The van der Waals surface area contributed by atoms with Gasteiger partial charge in [0.25, 0.3) is 0 Å². The third-order valence-electron chi connectivity index (χ3n) is 4.77. The second-order valence-electron chi connectivity index (χ2n) is 6.74. The van der Waals surface area contributed by atoms with Gasteiger partial charge in [-0.05, 0) is 49.2 Å². The number of rotatable bonds is 4. The molecule has 0 saturated carbocycles. The third kappa shape index (κ3) is 3.90. The zero-order chi connectivity index (χ0) is 20.5. The van der Waals surface area contributed by atoms with E-state index in [1.165, 1.54) is 11.8 Å². The predicted octanol–water partition coefficient (Wildman–Crippen LogP) is 3.95. The molecule has 0 spiro atoms. The van der Waals surface area contributed by atoms with Gasteiger partial charge >= 0.3 is 0 Å². The monoisotopic (exact) mass is 429 g/mol. The van der Waals surface area contributed by atoms with E-state index in [0.717, 1.165) is 22.7 Å². The number of carbonyl (C=O) groups is 1. The molecule has 2 N–H and O–H groups in total. The fraction of sp³-hybridized carbons (Fsp3) is 0.250. The summed E-state index contributed by atoms with van der Waals surface area (Å²) >= 11 is 7.58. The number of thioether (sulfide) groups is 1. The molecule has 2 aromatic carbocycles. The minimum absolute atomic E-state index is 0.143. The molecule has 29 heavy (non-hydrogen) atoms. The van der Waals surface area contributed by atoms with Crippen molar-refractivity contribution in [1.82, 2.24) is 14.9 Å². The molecule has 1 aliphatic heterocycles. The lowest BCUT2D eigenvalue weighted by Gasteiger charge is -2.32. The summed E-state index contributed by atoms with van der Waals surface area (Å²) in [5, 5.41) is 12.1. The number of ether oxygens (including phenoxy) is 1. The molecule has 0 aliphatic carbocycles. The number of amides is 1. The summed E-state index contributed by atoms with van der Waals surface area (Å²) in [5.74, 6) is 1.35. The second-order valence-corrected chi connectivity index (χ2v) is 8.25. The third-order valence-corrected chi connectivity index (χ3v) is 6.39. The average Bonchev–Trinajstić information content (AvgIpc) is 3.10. The van der Waals surface area contributed by atoms with E-state index in [4.69, 9.17) is 16.3 Å². The van der Waals surface area contributed by atoms with Gasteiger partial charge in [0.1, 0.15) is 16.8 Å². The van der Waals surface area contributed by atoms with E-state index < -0.39 is 5.25 Å². The van der Waals surface area contributed by atoms with E-state index in [1.807, 2.05) is 54.9 Å². The maximum Gasteiger partial charge on any atom is 0.240 e. The normalized spacial score (nSPS) is 17.9. The molecule has 150 valence electrons. The Balaban J connectivity index is 1.65. The van der Waals surface area contributed by atoms with Gasteiger partial charge in [0.15, 0.2) is 0 Å². The van der Waals surface area contributed by atoms with Crippen molar-refractivity contribution in [3.05, 3.63) is 64.4 Å². The lowest BCUT2D eigenvalue weighted by atomic mass is 10.0. The Kier molecular flexibility index (Phi) is 5.38. The summed E-state index contributed by atoms with van der Waals surface area (Å²) in [6, 6.07) is 12.9. The number of hydrogen-bond donors (Lipinski definition) is 2. The van der Waals surface area contributed by atoms with Crippen LogP contribution in [0.1, 0.15) is 23.0 Å². The van der Waals surface area contributed by atoms with E-state index in [2.05, 4.69) is 20.9 Å². The van der Waals surface area contributed by atoms with Crippen molar-refractivity contribution in [2.45, 2.75) is 30.3 Å². The molecule has 0 radical (unpaired) electrons. The summed E-state index contributed by atoms with van der Waals surface area (Å²) < 4.78 is 7.06. The number of fused-ring (bicyclic) bond motifs is 1.